The van der Waals surface area contributed by atoms with Crippen molar-refractivity contribution in [2.75, 3.05) is 5.32 Å². The topological polar surface area (TPSA) is 49.8 Å². The van der Waals surface area contributed by atoms with Crippen molar-refractivity contribution in [2.45, 2.75) is 45.6 Å². The summed E-state index contributed by atoms with van der Waals surface area (Å²) in [5.74, 6) is 1.27. The first-order chi connectivity index (χ1) is 14.6. The van der Waals surface area contributed by atoms with Crippen LogP contribution in [0.3, 0.4) is 0 Å². The van der Waals surface area contributed by atoms with E-state index < -0.39 is 0 Å². The van der Waals surface area contributed by atoms with Gasteiger partial charge in [-0.3, -0.25) is 0 Å². The van der Waals surface area contributed by atoms with E-state index in [-0.39, 0.29) is 0 Å². The van der Waals surface area contributed by atoms with E-state index in [1.165, 1.54) is 35.1 Å². The fourth-order valence-corrected chi connectivity index (χ4v) is 4.25. The molecule has 0 bridgehead atoms. The molecule has 0 amide bonds. The van der Waals surface area contributed by atoms with Crippen molar-refractivity contribution in [1.29, 1.82) is 0 Å². The van der Waals surface area contributed by atoms with Crippen molar-refractivity contribution < 1.29 is 0 Å². The summed E-state index contributed by atoms with van der Waals surface area (Å²) in [5.41, 5.74) is 9.17. The highest BCUT2D eigenvalue weighted by Crippen LogP contribution is 2.41. The smallest absolute Gasteiger partial charge is 0.227 e. The molecule has 2 N–H and O–H groups in total. The molecular formula is C25H25ClN4. The lowest BCUT2D eigenvalue weighted by atomic mass is 9.94. The molecule has 3 aromatic rings. The molecule has 4 nitrogen and oxygen atoms in total. The number of aromatic nitrogens is 2. The number of fused-ring (bicyclic) bond motifs is 1. The lowest BCUT2D eigenvalue weighted by molar-refractivity contribution is 0.850. The van der Waals surface area contributed by atoms with E-state index in [9.17, 15) is 0 Å². The third kappa shape index (κ3) is 3.80. The zero-order valence-electron chi connectivity index (χ0n) is 17.3. The minimum absolute atomic E-state index is 0.544. The standard InChI is InChI=1S/C25H25ClN4/c1-3-16-9-18(17-5-6-17)11-20(10-16)29-25-28-14-23(26)24(30-25)22-13-27-12-19-8-15(2)4-7-21(19)22/h4,7-11,13-14,17,27H,3,5-6,12H2,1-2H3,(H,28,29,30). The van der Waals surface area contributed by atoms with Crippen molar-refractivity contribution in [1.82, 2.24) is 15.3 Å². The number of benzene rings is 2. The number of aryl methyl sites for hydroxylation is 2. The van der Waals surface area contributed by atoms with Gasteiger partial charge in [-0.05, 0) is 66.5 Å². The first kappa shape index (κ1) is 19.1. The number of hydrogen-bond acceptors (Lipinski definition) is 4. The number of nitrogens with zero attached hydrogens (tertiary/aromatic N) is 2. The minimum atomic E-state index is 0.544. The third-order valence-corrected chi connectivity index (χ3v) is 6.09. The normalized spacial score (nSPS) is 15.2. The van der Waals surface area contributed by atoms with Gasteiger partial charge in [0.25, 0.3) is 0 Å². The Morgan fingerprint density at radius 1 is 1.17 bits per heavy atom. The second kappa shape index (κ2) is 7.77. The highest BCUT2D eigenvalue weighted by molar-refractivity contribution is 6.32. The number of hydrogen-bond donors (Lipinski definition) is 2. The molecule has 152 valence electrons. The fourth-order valence-electron chi connectivity index (χ4n) is 4.06. The Bertz CT molecular complexity index is 1150. The Kier molecular flexibility index (Phi) is 4.95. The van der Waals surface area contributed by atoms with Crippen LogP contribution in [-0.2, 0) is 13.0 Å². The summed E-state index contributed by atoms with van der Waals surface area (Å²) in [7, 11) is 0. The van der Waals surface area contributed by atoms with Crippen LogP contribution in [0.2, 0.25) is 5.02 Å². The quantitative estimate of drug-likeness (QED) is 0.526. The molecule has 2 aromatic carbocycles. The highest BCUT2D eigenvalue weighted by atomic mass is 35.5. The van der Waals surface area contributed by atoms with Crippen LogP contribution in [0.4, 0.5) is 11.6 Å². The van der Waals surface area contributed by atoms with Gasteiger partial charge in [0.05, 0.1) is 16.9 Å². The van der Waals surface area contributed by atoms with Crippen molar-refractivity contribution >= 4 is 28.8 Å². The molecule has 0 unspecified atom stereocenters. The Balaban J connectivity index is 1.49. The molecule has 0 saturated heterocycles. The number of nitrogens with one attached hydrogen (secondary N) is 2. The zero-order valence-corrected chi connectivity index (χ0v) is 18.1. The second-order valence-electron chi connectivity index (χ2n) is 8.21. The van der Waals surface area contributed by atoms with Gasteiger partial charge in [0.1, 0.15) is 0 Å². The van der Waals surface area contributed by atoms with Crippen LogP contribution in [0.15, 0.2) is 48.8 Å². The lowest BCUT2D eigenvalue weighted by Crippen LogP contribution is -2.15. The maximum atomic E-state index is 6.53. The lowest BCUT2D eigenvalue weighted by Gasteiger charge is -2.20. The summed E-state index contributed by atoms with van der Waals surface area (Å²) in [6.07, 6.45) is 7.26. The summed E-state index contributed by atoms with van der Waals surface area (Å²) in [4.78, 5) is 9.24. The van der Waals surface area contributed by atoms with E-state index in [1.54, 1.807) is 6.20 Å². The predicted octanol–water partition coefficient (Wildman–Crippen LogP) is 6.11. The molecule has 0 radical (unpaired) electrons. The van der Waals surface area contributed by atoms with Crippen LogP contribution >= 0.6 is 11.6 Å². The molecule has 2 aliphatic rings. The van der Waals surface area contributed by atoms with Crippen molar-refractivity contribution in [3.63, 3.8) is 0 Å². The van der Waals surface area contributed by atoms with Gasteiger partial charge in [-0.2, -0.15) is 0 Å². The summed E-state index contributed by atoms with van der Waals surface area (Å²) in [5, 5.41) is 7.31. The average Bonchev–Trinajstić information content (AvgIpc) is 3.60. The maximum Gasteiger partial charge on any atom is 0.227 e. The van der Waals surface area contributed by atoms with E-state index in [2.05, 4.69) is 65.9 Å². The summed E-state index contributed by atoms with van der Waals surface area (Å²) < 4.78 is 0. The molecule has 1 aliphatic heterocycles. The number of rotatable bonds is 5. The van der Waals surface area contributed by atoms with Gasteiger partial charge in [0.2, 0.25) is 5.95 Å². The number of halogens is 1. The first-order valence-corrected chi connectivity index (χ1v) is 11.0. The van der Waals surface area contributed by atoms with Gasteiger partial charge >= 0.3 is 0 Å². The van der Waals surface area contributed by atoms with Crippen molar-refractivity contribution in [3.05, 3.63) is 87.3 Å². The van der Waals surface area contributed by atoms with Crippen molar-refractivity contribution in [2.24, 2.45) is 0 Å². The van der Waals surface area contributed by atoms with E-state index >= 15 is 0 Å². The molecule has 1 aromatic heterocycles. The highest BCUT2D eigenvalue weighted by Gasteiger charge is 2.24. The van der Waals surface area contributed by atoms with E-state index in [1.807, 2.05) is 6.20 Å². The van der Waals surface area contributed by atoms with Gasteiger partial charge in [-0.25, -0.2) is 9.97 Å². The fraction of sp³-hybridized carbons (Fsp3) is 0.280. The molecule has 30 heavy (non-hydrogen) atoms. The Morgan fingerprint density at radius 2 is 2.03 bits per heavy atom. The van der Waals surface area contributed by atoms with Gasteiger partial charge in [-0.15, -0.1) is 0 Å². The van der Waals surface area contributed by atoms with Gasteiger partial charge < -0.3 is 10.6 Å². The van der Waals surface area contributed by atoms with Gasteiger partial charge in [0.15, 0.2) is 0 Å². The second-order valence-corrected chi connectivity index (χ2v) is 8.61. The molecule has 1 aliphatic carbocycles. The molecule has 5 heteroatoms. The summed E-state index contributed by atoms with van der Waals surface area (Å²) in [6.45, 7) is 5.11. The van der Waals surface area contributed by atoms with Crippen molar-refractivity contribution in [3.8, 4) is 0 Å². The predicted molar refractivity (Wildman–Crippen MR) is 123 cm³/mol. The first-order valence-electron chi connectivity index (χ1n) is 10.6. The van der Waals surface area contributed by atoms with E-state index in [0.29, 0.717) is 16.9 Å². The largest absolute Gasteiger partial charge is 0.386 e. The monoisotopic (exact) mass is 416 g/mol. The zero-order chi connectivity index (χ0) is 20.7. The Hall–Kier alpha value is -2.85. The maximum absolute atomic E-state index is 6.53. The van der Waals surface area contributed by atoms with Crippen LogP contribution < -0.4 is 10.6 Å². The average molecular weight is 417 g/mol. The van der Waals surface area contributed by atoms with Crippen LogP contribution in [0.5, 0.6) is 0 Å². The van der Waals surface area contributed by atoms with Crippen LogP contribution in [-0.4, -0.2) is 9.97 Å². The van der Waals surface area contributed by atoms with Crippen LogP contribution in [0.1, 0.15) is 59.2 Å². The molecule has 2 heterocycles. The van der Waals surface area contributed by atoms with Crippen LogP contribution in [0, 0.1) is 6.92 Å². The SMILES string of the molecule is CCc1cc(Nc2ncc(Cl)c(C3=CNCc4cc(C)ccc43)n2)cc(C2CC2)c1. The molecule has 1 fully saturated rings. The molecule has 1 saturated carbocycles. The van der Waals surface area contributed by atoms with Gasteiger partial charge in [0, 0.05) is 24.0 Å². The van der Waals surface area contributed by atoms with E-state index in [4.69, 9.17) is 16.6 Å². The Labute approximate surface area is 182 Å². The van der Waals surface area contributed by atoms with E-state index in [0.717, 1.165) is 35.5 Å². The molecule has 0 spiro atoms. The summed E-state index contributed by atoms with van der Waals surface area (Å²) >= 11 is 6.53. The number of anilines is 2. The molecule has 0 atom stereocenters. The van der Waals surface area contributed by atoms with Crippen LogP contribution in [0.25, 0.3) is 5.57 Å². The molecule has 5 rings (SSSR count). The third-order valence-electron chi connectivity index (χ3n) is 5.82. The summed E-state index contributed by atoms with van der Waals surface area (Å²) in [6, 6.07) is 13.2. The molecular weight excluding hydrogens is 392 g/mol. The minimum Gasteiger partial charge on any atom is -0.386 e. The Morgan fingerprint density at radius 3 is 2.83 bits per heavy atom. The van der Waals surface area contributed by atoms with Gasteiger partial charge in [-0.1, -0.05) is 48.4 Å².